The van der Waals surface area contributed by atoms with Crippen LogP contribution >= 0.6 is 11.6 Å². The van der Waals surface area contributed by atoms with Gasteiger partial charge in [0.1, 0.15) is 5.69 Å². The van der Waals surface area contributed by atoms with Gasteiger partial charge in [0.05, 0.1) is 10.5 Å². The van der Waals surface area contributed by atoms with E-state index in [1.807, 2.05) is 26.0 Å². The third kappa shape index (κ3) is 2.57. The smallest absolute Gasteiger partial charge is 0.268 e. The van der Waals surface area contributed by atoms with Gasteiger partial charge in [0, 0.05) is 23.9 Å². The van der Waals surface area contributed by atoms with Gasteiger partial charge in [-0.05, 0) is 31.9 Å². The van der Waals surface area contributed by atoms with Crippen LogP contribution in [0.2, 0.25) is 5.02 Å². The van der Waals surface area contributed by atoms with Crippen LogP contribution in [0.1, 0.15) is 35.8 Å². The third-order valence-corrected chi connectivity index (χ3v) is 4.58. The van der Waals surface area contributed by atoms with Gasteiger partial charge in [-0.1, -0.05) is 23.7 Å². The fraction of sp³-hybridized carbons (Fsp3) is 0.375. The summed E-state index contributed by atoms with van der Waals surface area (Å²) >= 11 is 6.17. The first kappa shape index (κ1) is 14.9. The number of amides is 2. The Balaban J connectivity index is 1.85. The normalized spacial score (nSPS) is 21.7. The maximum absolute atomic E-state index is 12.5. The molecule has 1 aliphatic heterocycles. The van der Waals surface area contributed by atoms with Crippen LogP contribution in [0.5, 0.6) is 0 Å². The highest BCUT2D eigenvalue weighted by Gasteiger charge is 2.27. The largest absolute Gasteiger partial charge is 0.352 e. The summed E-state index contributed by atoms with van der Waals surface area (Å²) in [6.07, 6.45) is 1.09. The topological polar surface area (TPSA) is 74.0 Å². The Morgan fingerprint density at radius 1 is 1.41 bits per heavy atom. The van der Waals surface area contributed by atoms with Crippen LogP contribution in [-0.4, -0.2) is 28.9 Å². The van der Waals surface area contributed by atoms with Crippen molar-refractivity contribution in [2.45, 2.75) is 38.8 Å². The summed E-state index contributed by atoms with van der Waals surface area (Å²) in [7, 11) is 0. The number of aromatic amines is 1. The molecule has 2 aromatic rings. The number of halogens is 1. The predicted octanol–water partition coefficient (Wildman–Crippen LogP) is 2.53. The van der Waals surface area contributed by atoms with E-state index in [4.69, 9.17) is 11.6 Å². The summed E-state index contributed by atoms with van der Waals surface area (Å²) in [4.78, 5) is 27.0. The van der Waals surface area contributed by atoms with Crippen LogP contribution in [-0.2, 0) is 4.79 Å². The lowest BCUT2D eigenvalue weighted by atomic mass is 9.99. The van der Waals surface area contributed by atoms with E-state index in [1.54, 1.807) is 6.07 Å². The number of aromatic nitrogens is 1. The van der Waals surface area contributed by atoms with Crippen molar-refractivity contribution >= 4 is 34.3 Å². The van der Waals surface area contributed by atoms with E-state index in [2.05, 4.69) is 15.6 Å². The van der Waals surface area contributed by atoms with E-state index < -0.39 is 0 Å². The molecule has 116 valence electrons. The fourth-order valence-electron chi connectivity index (χ4n) is 2.95. The summed E-state index contributed by atoms with van der Waals surface area (Å²) < 4.78 is 0. The number of hydrogen-bond acceptors (Lipinski definition) is 2. The molecule has 1 aromatic heterocycles. The molecule has 2 heterocycles. The first-order valence-corrected chi connectivity index (χ1v) is 7.72. The second-order valence-corrected chi connectivity index (χ2v) is 6.17. The second-order valence-electron chi connectivity index (χ2n) is 5.76. The Hall–Kier alpha value is -2.01. The van der Waals surface area contributed by atoms with E-state index in [9.17, 15) is 9.59 Å². The van der Waals surface area contributed by atoms with Crippen molar-refractivity contribution in [3.05, 3.63) is 34.5 Å². The predicted molar refractivity (Wildman–Crippen MR) is 86.1 cm³/mol. The molecule has 2 atom stereocenters. The lowest BCUT2D eigenvalue weighted by Gasteiger charge is -2.30. The third-order valence-electron chi connectivity index (χ3n) is 4.26. The number of carbonyl (C=O) groups is 2. The van der Waals surface area contributed by atoms with Crippen molar-refractivity contribution in [1.29, 1.82) is 0 Å². The monoisotopic (exact) mass is 319 g/mol. The zero-order valence-electron chi connectivity index (χ0n) is 12.5. The Morgan fingerprint density at radius 3 is 2.86 bits per heavy atom. The molecule has 0 saturated carbocycles. The summed E-state index contributed by atoms with van der Waals surface area (Å²) in [5.41, 5.74) is 2.17. The number of piperidine rings is 1. The maximum atomic E-state index is 12.5. The first-order chi connectivity index (χ1) is 10.5. The highest BCUT2D eigenvalue weighted by atomic mass is 35.5. The Kier molecular flexibility index (Phi) is 3.83. The second kappa shape index (κ2) is 5.65. The van der Waals surface area contributed by atoms with Crippen LogP contribution in [0.25, 0.3) is 10.9 Å². The van der Waals surface area contributed by atoms with Crippen molar-refractivity contribution in [2.75, 3.05) is 0 Å². The average molecular weight is 320 g/mol. The number of hydrogen-bond donors (Lipinski definition) is 3. The average Bonchev–Trinajstić information content (AvgIpc) is 2.81. The SMILES string of the molecule is Cc1c(C(=O)NC2CCC(=O)NC2C)[nH]c2c(Cl)cccc12. The van der Waals surface area contributed by atoms with Gasteiger partial charge in [0.2, 0.25) is 5.91 Å². The summed E-state index contributed by atoms with van der Waals surface area (Å²) in [6, 6.07) is 5.46. The summed E-state index contributed by atoms with van der Waals surface area (Å²) in [5, 5.41) is 7.39. The van der Waals surface area contributed by atoms with Gasteiger partial charge in [-0.3, -0.25) is 9.59 Å². The van der Waals surface area contributed by atoms with E-state index >= 15 is 0 Å². The lowest BCUT2D eigenvalue weighted by molar-refractivity contribution is -0.123. The van der Waals surface area contributed by atoms with Crippen molar-refractivity contribution in [2.24, 2.45) is 0 Å². The van der Waals surface area contributed by atoms with E-state index in [0.29, 0.717) is 23.6 Å². The van der Waals surface area contributed by atoms with Crippen molar-refractivity contribution in [3.8, 4) is 0 Å². The molecule has 3 N–H and O–H groups in total. The molecule has 5 nitrogen and oxygen atoms in total. The molecule has 3 rings (SSSR count). The minimum absolute atomic E-state index is 0.0339. The number of benzene rings is 1. The number of para-hydroxylation sites is 1. The van der Waals surface area contributed by atoms with Crippen molar-refractivity contribution in [3.63, 3.8) is 0 Å². The number of fused-ring (bicyclic) bond motifs is 1. The first-order valence-electron chi connectivity index (χ1n) is 7.34. The van der Waals surface area contributed by atoms with Crippen LogP contribution in [0, 0.1) is 6.92 Å². The molecule has 1 aliphatic rings. The summed E-state index contributed by atoms with van der Waals surface area (Å²) in [6.45, 7) is 3.80. The number of H-pyrrole nitrogens is 1. The number of nitrogens with one attached hydrogen (secondary N) is 3. The van der Waals surface area contributed by atoms with Gasteiger partial charge < -0.3 is 15.6 Å². The molecule has 6 heteroatoms. The molecule has 0 spiro atoms. The molecule has 2 amide bonds. The quantitative estimate of drug-likeness (QED) is 0.795. The van der Waals surface area contributed by atoms with Crippen molar-refractivity contribution < 1.29 is 9.59 Å². The van der Waals surface area contributed by atoms with Gasteiger partial charge >= 0.3 is 0 Å². The van der Waals surface area contributed by atoms with Gasteiger partial charge in [0.15, 0.2) is 0 Å². The fourth-order valence-corrected chi connectivity index (χ4v) is 3.17. The van der Waals surface area contributed by atoms with E-state index in [-0.39, 0.29) is 23.9 Å². The number of aryl methyl sites for hydroxylation is 1. The molecule has 1 fully saturated rings. The maximum Gasteiger partial charge on any atom is 0.268 e. The molecule has 2 unspecified atom stereocenters. The van der Waals surface area contributed by atoms with Crippen LogP contribution in [0.15, 0.2) is 18.2 Å². The van der Waals surface area contributed by atoms with Crippen LogP contribution in [0.4, 0.5) is 0 Å². The molecule has 0 aliphatic carbocycles. The molecular weight excluding hydrogens is 302 g/mol. The number of carbonyl (C=O) groups excluding carboxylic acids is 2. The summed E-state index contributed by atoms with van der Waals surface area (Å²) in [5.74, 6) is -0.135. The molecule has 1 saturated heterocycles. The van der Waals surface area contributed by atoms with E-state index in [1.165, 1.54) is 0 Å². The molecule has 22 heavy (non-hydrogen) atoms. The van der Waals surface area contributed by atoms with Crippen molar-refractivity contribution in [1.82, 2.24) is 15.6 Å². The van der Waals surface area contributed by atoms with Gasteiger partial charge in [-0.15, -0.1) is 0 Å². The minimum atomic E-state index is -0.169. The number of rotatable bonds is 2. The standard InChI is InChI=1S/C16H18ClN3O2/c1-8-10-4-3-5-11(17)15(10)20-14(8)16(22)19-12-6-7-13(21)18-9(12)2/h3-5,9,12,20H,6-7H2,1-2H3,(H,18,21)(H,19,22). The zero-order chi connectivity index (χ0) is 15.9. The highest BCUT2D eigenvalue weighted by molar-refractivity contribution is 6.35. The molecule has 1 aromatic carbocycles. The van der Waals surface area contributed by atoms with Gasteiger partial charge in [-0.2, -0.15) is 0 Å². The lowest BCUT2D eigenvalue weighted by Crippen LogP contribution is -2.54. The van der Waals surface area contributed by atoms with Gasteiger partial charge in [0.25, 0.3) is 5.91 Å². The van der Waals surface area contributed by atoms with E-state index in [0.717, 1.165) is 16.5 Å². The zero-order valence-corrected chi connectivity index (χ0v) is 13.3. The molecule has 0 bridgehead atoms. The Morgan fingerprint density at radius 2 is 2.18 bits per heavy atom. The highest BCUT2D eigenvalue weighted by Crippen LogP contribution is 2.27. The van der Waals surface area contributed by atoms with Crippen LogP contribution in [0.3, 0.4) is 0 Å². The Bertz CT molecular complexity index is 753. The minimum Gasteiger partial charge on any atom is -0.352 e. The molecule has 0 radical (unpaired) electrons. The van der Waals surface area contributed by atoms with Gasteiger partial charge in [-0.25, -0.2) is 0 Å². The molecular formula is C16H18ClN3O2. The Labute approximate surface area is 133 Å². The van der Waals surface area contributed by atoms with Crippen LogP contribution < -0.4 is 10.6 Å².